The molecule has 0 spiro atoms. The summed E-state index contributed by atoms with van der Waals surface area (Å²) in [4.78, 5) is 0. The number of halogens is 1. The Morgan fingerprint density at radius 2 is 1.75 bits per heavy atom. The standard InChI is InChI=1S/C14H22ClN/c1-5-13(16-10-14(2,3)4)11-6-8-12(15)9-7-11/h6-9,13,16H,5,10H2,1-4H3. The molecule has 2 heteroatoms. The quantitative estimate of drug-likeness (QED) is 0.820. The van der Waals surface area contributed by atoms with E-state index in [1.54, 1.807) is 0 Å². The van der Waals surface area contributed by atoms with Crippen LogP contribution in [-0.4, -0.2) is 6.54 Å². The van der Waals surface area contributed by atoms with Gasteiger partial charge in [0.05, 0.1) is 0 Å². The minimum Gasteiger partial charge on any atom is -0.309 e. The average molecular weight is 240 g/mol. The highest BCUT2D eigenvalue weighted by Gasteiger charge is 2.14. The molecule has 1 nitrogen and oxygen atoms in total. The molecule has 0 fully saturated rings. The van der Waals surface area contributed by atoms with Gasteiger partial charge in [-0.05, 0) is 29.5 Å². The second-order valence-corrected chi connectivity index (χ2v) is 5.89. The van der Waals surface area contributed by atoms with Crippen molar-refractivity contribution in [3.8, 4) is 0 Å². The van der Waals surface area contributed by atoms with Crippen LogP contribution in [0.2, 0.25) is 5.02 Å². The SMILES string of the molecule is CCC(NCC(C)(C)C)c1ccc(Cl)cc1. The lowest BCUT2D eigenvalue weighted by molar-refractivity contribution is 0.349. The molecule has 0 aliphatic rings. The van der Waals surface area contributed by atoms with Gasteiger partial charge in [0, 0.05) is 17.6 Å². The largest absolute Gasteiger partial charge is 0.309 e. The van der Waals surface area contributed by atoms with Gasteiger partial charge in [-0.3, -0.25) is 0 Å². The van der Waals surface area contributed by atoms with E-state index in [-0.39, 0.29) is 0 Å². The first kappa shape index (κ1) is 13.5. The van der Waals surface area contributed by atoms with E-state index in [9.17, 15) is 0 Å². The number of benzene rings is 1. The Labute approximate surface area is 104 Å². The van der Waals surface area contributed by atoms with Crippen molar-refractivity contribution in [3.63, 3.8) is 0 Å². The first-order chi connectivity index (χ1) is 7.42. The molecule has 0 heterocycles. The van der Waals surface area contributed by atoms with E-state index in [0.717, 1.165) is 18.0 Å². The van der Waals surface area contributed by atoms with Gasteiger partial charge in [0.1, 0.15) is 0 Å². The van der Waals surface area contributed by atoms with Gasteiger partial charge in [-0.25, -0.2) is 0 Å². The van der Waals surface area contributed by atoms with Gasteiger partial charge in [-0.15, -0.1) is 0 Å². The molecule has 0 aliphatic carbocycles. The third-order valence-electron chi connectivity index (χ3n) is 2.56. The van der Waals surface area contributed by atoms with Gasteiger partial charge >= 0.3 is 0 Å². The van der Waals surface area contributed by atoms with Crippen molar-refractivity contribution in [1.29, 1.82) is 0 Å². The number of nitrogens with one attached hydrogen (secondary N) is 1. The van der Waals surface area contributed by atoms with Gasteiger partial charge in [-0.1, -0.05) is 51.4 Å². The maximum atomic E-state index is 5.89. The van der Waals surface area contributed by atoms with Crippen molar-refractivity contribution >= 4 is 11.6 Å². The molecule has 16 heavy (non-hydrogen) atoms. The van der Waals surface area contributed by atoms with Crippen molar-refractivity contribution in [2.75, 3.05) is 6.54 Å². The third kappa shape index (κ3) is 4.54. The van der Waals surface area contributed by atoms with Crippen LogP contribution in [0.1, 0.15) is 45.7 Å². The van der Waals surface area contributed by atoms with Crippen molar-refractivity contribution in [1.82, 2.24) is 5.32 Å². The summed E-state index contributed by atoms with van der Waals surface area (Å²) in [6.45, 7) is 9.96. The van der Waals surface area contributed by atoms with Crippen LogP contribution in [0, 0.1) is 5.41 Å². The molecule has 90 valence electrons. The summed E-state index contributed by atoms with van der Waals surface area (Å²) in [6.07, 6.45) is 1.09. The van der Waals surface area contributed by atoms with Crippen LogP contribution in [0.25, 0.3) is 0 Å². The third-order valence-corrected chi connectivity index (χ3v) is 2.81. The highest BCUT2D eigenvalue weighted by Crippen LogP contribution is 2.21. The maximum absolute atomic E-state index is 5.89. The van der Waals surface area contributed by atoms with E-state index >= 15 is 0 Å². The normalized spacial score (nSPS) is 13.8. The lowest BCUT2D eigenvalue weighted by Gasteiger charge is -2.24. The molecular weight excluding hydrogens is 218 g/mol. The fourth-order valence-corrected chi connectivity index (χ4v) is 1.75. The Kier molecular flexibility index (Phi) is 4.82. The second kappa shape index (κ2) is 5.70. The minimum absolute atomic E-state index is 0.319. The van der Waals surface area contributed by atoms with E-state index in [1.807, 2.05) is 12.1 Å². The van der Waals surface area contributed by atoms with E-state index in [4.69, 9.17) is 11.6 Å². The summed E-state index contributed by atoms with van der Waals surface area (Å²) in [6, 6.07) is 8.55. The van der Waals surface area contributed by atoms with Crippen LogP contribution in [0.4, 0.5) is 0 Å². The predicted molar refractivity (Wildman–Crippen MR) is 71.9 cm³/mol. The smallest absolute Gasteiger partial charge is 0.0406 e. The lowest BCUT2D eigenvalue weighted by Crippen LogP contribution is -2.30. The van der Waals surface area contributed by atoms with Gasteiger partial charge < -0.3 is 5.32 Å². The van der Waals surface area contributed by atoms with Crippen LogP contribution in [-0.2, 0) is 0 Å². The van der Waals surface area contributed by atoms with Crippen molar-refractivity contribution in [3.05, 3.63) is 34.9 Å². The molecule has 0 amide bonds. The second-order valence-electron chi connectivity index (χ2n) is 5.45. The zero-order valence-corrected chi connectivity index (χ0v) is 11.4. The van der Waals surface area contributed by atoms with Crippen molar-refractivity contribution in [2.45, 2.75) is 40.2 Å². The van der Waals surface area contributed by atoms with Crippen LogP contribution >= 0.6 is 11.6 Å². The molecule has 1 rings (SSSR count). The molecule has 0 aliphatic heterocycles. The molecule has 1 aromatic rings. The molecule has 0 aromatic heterocycles. The molecule has 0 saturated carbocycles. The van der Waals surface area contributed by atoms with Gasteiger partial charge in [0.2, 0.25) is 0 Å². The summed E-state index contributed by atoms with van der Waals surface area (Å²) in [5.41, 5.74) is 1.64. The first-order valence-corrected chi connectivity index (χ1v) is 6.29. The van der Waals surface area contributed by atoms with E-state index in [1.165, 1.54) is 5.56 Å². The molecule has 0 bridgehead atoms. The van der Waals surface area contributed by atoms with Crippen LogP contribution in [0.3, 0.4) is 0 Å². The topological polar surface area (TPSA) is 12.0 Å². The Balaban J connectivity index is 2.64. The van der Waals surface area contributed by atoms with Crippen molar-refractivity contribution < 1.29 is 0 Å². The summed E-state index contributed by atoms with van der Waals surface area (Å²) < 4.78 is 0. The molecule has 1 atom stereocenters. The van der Waals surface area contributed by atoms with Crippen LogP contribution in [0.5, 0.6) is 0 Å². The highest BCUT2D eigenvalue weighted by molar-refractivity contribution is 6.30. The van der Waals surface area contributed by atoms with Crippen molar-refractivity contribution in [2.24, 2.45) is 5.41 Å². The zero-order chi connectivity index (χ0) is 12.2. The lowest BCUT2D eigenvalue weighted by atomic mass is 9.95. The average Bonchev–Trinajstić information content (AvgIpc) is 2.20. The fourth-order valence-electron chi connectivity index (χ4n) is 1.62. The number of rotatable bonds is 4. The predicted octanol–water partition coefficient (Wildman–Crippen LogP) is 4.43. The summed E-state index contributed by atoms with van der Waals surface area (Å²) >= 11 is 5.89. The summed E-state index contributed by atoms with van der Waals surface area (Å²) in [5.74, 6) is 0. The van der Waals surface area contributed by atoms with E-state index in [2.05, 4.69) is 45.1 Å². The molecule has 1 unspecified atom stereocenters. The number of hydrogen-bond acceptors (Lipinski definition) is 1. The van der Waals surface area contributed by atoms with Crippen LogP contribution < -0.4 is 5.32 Å². The maximum Gasteiger partial charge on any atom is 0.0406 e. The first-order valence-electron chi connectivity index (χ1n) is 5.91. The van der Waals surface area contributed by atoms with E-state index in [0.29, 0.717) is 11.5 Å². The minimum atomic E-state index is 0.319. The molecular formula is C14H22ClN. The monoisotopic (exact) mass is 239 g/mol. The highest BCUT2D eigenvalue weighted by atomic mass is 35.5. The Morgan fingerprint density at radius 3 is 2.19 bits per heavy atom. The Morgan fingerprint density at radius 1 is 1.19 bits per heavy atom. The van der Waals surface area contributed by atoms with Gasteiger partial charge in [-0.2, -0.15) is 0 Å². The molecule has 1 aromatic carbocycles. The Hall–Kier alpha value is -0.530. The number of hydrogen-bond donors (Lipinski definition) is 1. The van der Waals surface area contributed by atoms with Gasteiger partial charge in [0.25, 0.3) is 0 Å². The molecule has 1 N–H and O–H groups in total. The Bertz CT molecular complexity index is 311. The van der Waals surface area contributed by atoms with Crippen LogP contribution in [0.15, 0.2) is 24.3 Å². The molecule has 0 saturated heterocycles. The zero-order valence-electron chi connectivity index (χ0n) is 10.7. The summed E-state index contributed by atoms with van der Waals surface area (Å²) in [7, 11) is 0. The fraction of sp³-hybridized carbons (Fsp3) is 0.571. The van der Waals surface area contributed by atoms with Gasteiger partial charge in [0.15, 0.2) is 0 Å². The summed E-state index contributed by atoms with van der Waals surface area (Å²) in [5, 5.41) is 4.40. The molecule has 0 radical (unpaired) electrons. The van der Waals surface area contributed by atoms with E-state index < -0.39 is 0 Å².